The number of anilines is 2. The molecule has 0 amide bonds. The second-order valence-corrected chi connectivity index (χ2v) is 5.15. The molecule has 4 heteroatoms. The van der Waals surface area contributed by atoms with Crippen LogP contribution >= 0.6 is 0 Å². The molecule has 1 aromatic carbocycles. The van der Waals surface area contributed by atoms with E-state index in [0.717, 1.165) is 36.8 Å². The standard InChI is InChI=1S/C15H22N2O2/c1-3-8-17(10-11-4-5-11)14-9-12(15(18)19-2)6-7-13(14)16/h6-7,9,11H,3-5,8,10,16H2,1-2H3. The molecule has 0 saturated heterocycles. The topological polar surface area (TPSA) is 55.6 Å². The van der Waals surface area contributed by atoms with E-state index >= 15 is 0 Å². The van der Waals surface area contributed by atoms with Gasteiger partial charge in [0.05, 0.1) is 24.0 Å². The summed E-state index contributed by atoms with van der Waals surface area (Å²) in [6.07, 6.45) is 3.67. The van der Waals surface area contributed by atoms with E-state index in [1.54, 1.807) is 12.1 Å². The Morgan fingerprint density at radius 1 is 1.47 bits per heavy atom. The quantitative estimate of drug-likeness (QED) is 0.632. The van der Waals surface area contributed by atoms with Crippen molar-refractivity contribution in [2.75, 3.05) is 30.8 Å². The highest BCUT2D eigenvalue weighted by Gasteiger charge is 2.25. The van der Waals surface area contributed by atoms with Gasteiger partial charge in [-0.1, -0.05) is 6.92 Å². The number of rotatable bonds is 6. The number of methoxy groups -OCH3 is 1. The van der Waals surface area contributed by atoms with Crippen molar-refractivity contribution in [1.82, 2.24) is 0 Å². The average molecular weight is 262 g/mol. The first kappa shape index (κ1) is 13.7. The van der Waals surface area contributed by atoms with E-state index in [0.29, 0.717) is 5.56 Å². The van der Waals surface area contributed by atoms with E-state index in [4.69, 9.17) is 10.5 Å². The molecule has 19 heavy (non-hydrogen) atoms. The molecule has 0 atom stereocenters. The molecule has 0 heterocycles. The van der Waals surface area contributed by atoms with Crippen LogP contribution in [0.1, 0.15) is 36.5 Å². The highest BCUT2D eigenvalue weighted by Crippen LogP contribution is 2.33. The van der Waals surface area contributed by atoms with Crippen LogP contribution in [0.25, 0.3) is 0 Å². The first-order valence-electron chi connectivity index (χ1n) is 6.88. The average Bonchev–Trinajstić information content (AvgIpc) is 3.22. The van der Waals surface area contributed by atoms with Crippen molar-refractivity contribution in [2.45, 2.75) is 26.2 Å². The summed E-state index contributed by atoms with van der Waals surface area (Å²) in [4.78, 5) is 13.9. The van der Waals surface area contributed by atoms with Crippen LogP contribution in [0, 0.1) is 5.92 Å². The third-order valence-corrected chi connectivity index (χ3v) is 3.46. The van der Waals surface area contributed by atoms with Gasteiger partial charge in [-0.05, 0) is 43.4 Å². The Balaban J connectivity index is 2.25. The van der Waals surface area contributed by atoms with E-state index in [9.17, 15) is 4.79 Å². The number of benzene rings is 1. The molecule has 4 nitrogen and oxygen atoms in total. The van der Waals surface area contributed by atoms with Crippen LogP contribution in [-0.4, -0.2) is 26.2 Å². The molecule has 0 aromatic heterocycles. The summed E-state index contributed by atoms with van der Waals surface area (Å²) >= 11 is 0. The molecule has 1 fully saturated rings. The lowest BCUT2D eigenvalue weighted by Gasteiger charge is -2.26. The molecule has 0 spiro atoms. The zero-order valence-electron chi connectivity index (χ0n) is 11.7. The fourth-order valence-electron chi connectivity index (χ4n) is 2.25. The molecule has 1 aromatic rings. The van der Waals surface area contributed by atoms with Crippen LogP contribution in [0.4, 0.5) is 11.4 Å². The third-order valence-electron chi connectivity index (χ3n) is 3.46. The Bertz CT molecular complexity index is 455. The summed E-state index contributed by atoms with van der Waals surface area (Å²) in [7, 11) is 1.40. The van der Waals surface area contributed by atoms with Crippen molar-refractivity contribution < 1.29 is 9.53 Å². The predicted molar refractivity (Wildman–Crippen MR) is 77.4 cm³/mol. The first-order valence-corrected chi connectivity index (χ1v) is 6.88. The van der Waals surface area contributed by atoms with Crippen molar-refractivity contribution >= 4 is 17.3 Å². The molecule has 1 aliphatic carbocycles. The van der Waals surface area contributed by atoms with E-state index in [1.807, 2.05) is 6.07 Å². The Labute approximate surface area is 114 Å². The molecule has 0 unspecified atom stereocenters. The molecule has 0 radical (unpaired) electrons. The van der Waals surface area contributed by atoms with Crippen LogP contribution in [-0.2, 0) is 4.74 Å². The number of nitrogen functional groups attached to an aromatic ring is 1. The van der Waals surface area contributed by atoms with Crippen molar-refractivity contribution in [3.05, 3.63) is 23.8 Å². The molecule has 2 N–H and O–H groups in total. The smallest absolute Gasteiger partial charge is 0.337 e. The number of nitrogens with zero attached hydrogens (tertiary/aromatic N) is 1. The number of hydrogen-bond donors (Lipinski definition) is 1. The summed E-state index contributed by atoms with van der Waals surface area (Å²) in [6, 6.07) is 5.35. The van der Waals surface area contributed by atoms with E-state index in [-0.39, 0.29) is 5.97 Å². The number of nitrogens with two attached hydrogens (primary N) is 1. The zero-order valence-corrected chi connectivity index (χ0v) is 11.7. The largest absolute Gasteiger partial charge is 0.465 e. The van der Waals surface area contributed by atoms with Gasteiger partial charge < -0.3 is 15.4 Å². The number of carbonyl (C=O) groups excluding carboxylic acids is 1. The Morgan fingerprint density at radius 2 is 2.21 bits per heavy atom. The maximum atomic E-state index is 11.6. The second kappa shape index (κ2) is 5.95. The fraction of sp³-hybridized carbons (Fsp3) is 0.533. The SMILES string of the molecule is CCCN(CC1CC1)c1cc(C(=O)OC)ccc1N. The molecule has 0 aliphatic heterocycles. The van der Waals surface area contributed by atoms with Gasteiger partial charge in [0.25, 0.3) is 0 Å². The van der Waals surface area contributed by atoms with Gasteiger partial charge in [0, 0.05) is 13.1 Å². The summed E-state index contributed by atoms with van der Waals surface area (Å²) in [5, 5.41) is 0. The van der Waals surface area contributed by atoms with E-state index in [2.05, 4.69) is 11.8 Å². The monoisotopic (exact) mass is 262 g/mol. The molecule has 1 saturated carbocycles. The highest BCUT2D eigenvalue weighted by atomic mass is 16.5. The first-order chi connectivity index (χ1) is 9.15. The Hall–Kier alpha value is -1.71. The number of carbonyl (C=O) groups is 1. The van der Waals surface area contributed by atoms with Crippen LogP contribution < -0.4 is 10.6 Å². The molecular weight excluding hydrogens is 240 g/mol. The zero-order chi connectivity index (χ0) is 13.8. The van der Waals surface area contributed by atoms with Crippen LogP contribution in [0.15, 0.2) is 18.2 Å². The molecule has 0 bridgehead atoms. The van der Waals surface area contributed by atoms with Crippen molar-refractivity contribution in [1.29, 1.82) is 0 Å². The lowest BCUT2D eigenvalue weighted by Crippen LogP contribution is -2.27. The van der Waals surface area contributed by atoms with Gasteiger partial charge >= 0.3 is 5.97 Å². The molecule has 1 aliphatic rings. The van der Waals surface area contributed by atoms with Gasteiger partial charge in [-0.2, -0.15) is 0 Å². The Morgan fingerprint density at radius 3 is 2.79 bits per heavy atom. The minimum absolute atomic E-state index is 0.316. The van der Waals surface area contributed by atoms with Crippen LogP contribution in [0.3, 0.4) is 0 Å². The number of hydrogen-bond acceptors (Lipinski definition) is 4. The maximum absolute atomic E-state index is 11.6. The molecule has 2 rings (SSSR count). The summed E-state index contributed by atoms with van der Waals surface area (Å²) in [5.74, 6) is 0.469. The minimum Gasteiger partial charge on any atom is -0.465 e. The van der Waals surface area contributed by atoms with Gasteiger partial charge in [-0.3, -0.25) is 0 Å². The third kappa shape index (κ3) is 3.40. The Kier molecular flexibility index (Phi) is 4.30. The van der Waals surface area contributed by atoms with Crippen molar-refractivity contribution in [2.24, 2.45) is 5.92 Å². The lowest BCUT2D eigenvalue weighted by molar-refractivity contribution is 0.0601. The minimum atomic E-state index is -0.316. The molecular formula is C15H22N2O2. The number of esters is 1. The van der Waals surface area contributed by atoms with Crippen molar-refractivity contribution in [3.63, 3.8) is 0 Å². The fourth-order valence-corrected chi connectivity index (χ4v) is 2.25. The summed E-state index contributed by atoms with van der Waals surface area (Å²) < 4.78 is 4.77. The maximum Gasteiger partial charge on any atom is 0.337 e. The van der Waals surface area contributed by atoms with Crippen LogP contribution in [0.2, 0.25) is 0 Å². The van der Waals surface area contributed by atoms with E-state index in [1.165, 1.54) is 20.0 Å². The van der Waals surface area contributed by atoms with Crippen molar-refractivity contribution in [3.8, 4) is 0 Å². The van der Waals surface area contributed by atoms with Gasteiger partial charge in [0.15, 0.2) is 0 Å². The molecule has 104 valence electrons. The van der Waals surface area contributed by atoms with Gasteiger partial charge in [0.1, 0.15) is 0 Å². The lowest BCUT2D eigenvalue weighted by atomic mass is 10.1. The van der Waals surface area contributed by atoms with Gasteiger partial charge in [-0.25, -0.2) is 4.79 Å². The van der Waals surface area contributed by atoms with Crippen LogP contribution in [0.5, 0.6) is 0 Å². The summed E-state index contributed by atoms with van der Waals surface area (Å²) in [5.41, 5.74) is 8.30. The second-order valence-electron chi connectivity index (χ2n) is 5.15. The number of ether oxygens (including phenoxy) is 1. The van der Waals surface area contributed by atoms with Gasteiger partial charge in [0.2, 0.25) is 0 Å². The predicted octanol–water partition coefficient (Wildman–Crippen LogP) is 2.68. The van der Waals surface area contributed by atoms with Gasteiger partial charge in [-0.15, -0.1) is 0 Å². The summed E-state index contributed by atoms with van der Waals surface area (Å²) in [6.45, 7) is 4.15. The van der Waals surface area contributed by atoms with E-state index < -0.39 is 0 Å². The normalized spacial score (nSPS) is 14.2. The highest BCUT2D eigenvalue weighted by molar-refractivity contribution is 5.92.